The van der Waals surface area contributed by atoms with Crippen LogP contribution in [-0.2, 0) is 11.2 Å². The molecule has 0 bridgehead atoms. The van der Waals surface area contributed by atoms with Crippen LogP contribution >= 0.6 is 0 Å². The molecule has 6 nitrogen and oxygen atoms in total. The molecule has 1 aliphatic rings. The Morgan fingerprint density at radius 2 is 1.83 bits per heavy atom. The summed E-state index contributed by atoms with van der Waals surface area (Å²) in [4.78, 5) is 26.2. The van der Waals surface area contributed by atoms with Crippen LogP contribution in [0.5, 0.6) is 5.75 Å². The van der Waals surface area contributed by atoms with Crippen molar-refractivity contribution in [2.75, 3.05) is 19.7 Å². The summed E-state index contributed by atoms with van der Waals surface area (Å²) in [5.41, 5.74) is 0.963. The fourth-order valence-corrected chi connectivity index (χ4v) is 3.24. The molecule has 0 unspecified atom stereocenters. The molecule has 0 atom stereocenters. The van der Waals surface area contributed by atoms with Gasteiger partial charge < -0.3 is 15.0 Å². The van der Waals surface area contributed by atoms with Crippen molar-refractivity contribution in [1.82, 2.24) is 10.2 Å². The summed E-state index contributed by atoms with van der Waals surface area (Å²) >= 11 is 0. The highest BCUT2D eigenvalue weighted by atomic mass is 19.1. The Kier molecular flexibility index (Phi) is 6.80. The monoisotopic (exact) mass is 395 g/mol. The summed E-state index contributed by atoms with van der Waals surface area (Å²) in [6.07, 6.45) is 1.54. The van der Waals surface area contributed by atoms with Gasteiger partial charge in [-0.05, 0) is 42.7 Å². The highest BCUT2D eigenvalue weighted by Crippen LogP contribution is 2.16. The number of hydrogen-bond acceptors (Lipinski definition) is 4. The number of rotatable bonds is 6. The average molecular weight is 395 g/mol. The highest BCUT2D eigenvalue weighted by Gasteiger charge is 2.25. The molecule has 0 radical (unpaired) electrons. The number of benzene rings is 2. The SMILES string of the molecule is N#CCc1ccc(OCC(=O)NC2CCN(C(=O)c3ccccc3F)CC2)cc1. The van der Waals surface area contributed by atoms with Crippen molar-refractivity contribution in [2.24, 2.45) is 0 Å². The lowest BCUT2D eigenvalue weighted by atomic mass is 10.0. The molecule has 2 aromatic rings. The minimum atomic E-state index is -0.522. The van der Waals surface area contributed by atoms with Gasteiger partial charge in [0.15, 0.2) is 6.61 Å². The molecule has 7 heteroatoms. The molecule has 1 fully saturated rings. The maximum absolute atomic E-state index is 13.8. The van der Waals surface area contributed by atoms with Gasteiger partial charge in [0, 0.05) is 19.1 Å². The highest BCUT2D eigenvalue weighted by molar-refractivity contribution is 5.94. The maximum Gasteiger partial charge on any atom is 0.258 e. The van der Waals surface area contributed by atoms with Gasteiger partial charge in [-0.2, -0.15) is 5.26 Å². The lowest BCUT2D eigenvalue weighted by molar-refractivity contribution is -0.124. The number of nitrogens with one attached hydrogen (secondary N) is 1. The first-order chi connectivity index (χ1) is 14.1. The number of amides is 2. The third kappa shape index (κ3) is 5.55. The minimum absolute atomic E-state index is 0.0474. The van der Waals surface area contributed by atoms with Gasteiger partial charge in [0.1, 0.15) is 11.6 Å². The number of nitriles is 1. The van der Waals surface area contributed by atoms with E-state index in [9.17, 15) is 14.0 Å². The molecule has 1 N–H and O–H groups in total. The molecule has 29 heavy (non-hydrogen) atoms. The second kappa shape index (κ2) is 9.69. The minimum Gasteiger partial charge on any atom is -0.484 e. The fraction of sp³-hybridized carbons (Fsp3) is 0.318. The summed E-state index contributed by atoms with van der Waals surface area (Å²) in [5.74, 6) is -0.515. The molecule has 0 saturated carbocycles. The summed E-state index contributed by atoms with van der Waals surface area (Å²) in [7, 11) is 0. The molecule has 150 valence electrons. The number of likely N-dealkylation sites (tertiary alicyclic amines) is 1. The normalized spacial score (nSPS) is 14.1. The van der Waals surface area contributed by atoms with Gasteiger partial charge in [0.25, 0.3) is 11.8 Å². The van der Waals surface area contributed by atoms with Crippen LogP contribution in [-0.4, -0.2) is 42.5 Å². The van der Waals surface area contributed by atoms with Crippen molar-refractivity contribution < 1.29 is 18.7 Å². The van der Waals surface area contributed by atoms with Crippen LogP contribution in [0.15, 0.2) is 48.5 Å². The number of carbonyl (C=O) groups is 2. The Morgan fingerprint density at radius 3 is 2.48 bits per heavy atom. The van der Waals surface area contributed by atoms with Gasteiger partial charge in [-0.1, -0.05) is 24.3 Å². The van der Waals surface area contributed by atoms with Crippen LogP contribution in [0.25, 0.3) is 0 Å². The molecular formula is C22H22FN3O3. The second-order valence-corrected chi connectivity index (χ2v) is 6.88. The predicted molar refractivity (Wildman–Crippen MR) is 105 cm³/mol. The third-order valence-corrected chi connectivity index (χ3v) is 4.83. The Labute approximate surface area is 168 Å². The van der Waals surface area contributed by atoms with Crippen molar-refractivity contribution in [3.8, 4) is 11.8 Å². The largest absolute Gasteiger partial charge is 0.484 e. The van der Waals surface area contributed by atoms with Crippen LogP contribution in [0.1, 0.15) is 28.8 Å². The van der Waals surface area contributed by atoms with Crippen LogP contribution in [0.3, 0.4) is 0 Å². The van der Waals surface area contributed by atoms with E-state index < -0.39 is 5.82 Å². The van der Waals surface area contributed by atoms with Gasteiger partial charge in [-0.15, -0.1) is 0 Å². The summed E-state index contributed by atoms with van der Waals surface area (Å²) in [6.45, 7) is 0.810. The quantitative estimate of drug-likeness (QED) is 0.815. The number of piperidine rings is 1. The molecule has 0 aromatic heterocycles. The van der Waals surface area contributed by atoms with E-state index in [-0.39, 0.29) is 30.0 Å². The van der Waals surface area contributed by atoms with Crippen molar-refractivity contribution in [1.29, 1.82) is 5.26 Å². The zero-order valence-corrected chi connectivity index (χ0v) is 15.9. The zero-order valence-electron chi connectivity index (χ0n) is 15.9. The first-order valence-corrected chi connectivity index (χ1v) is 9.48. The number of ether oxygens (including phenoxy) is 1. The van der Waals surface area contributed by atoms with E-state index in [1.807, 2.05) is 0 Å². The summed E-state index contributed by atoms with van der Waals surface area (Å²) in [6, 6.07) is 15.0. The van der Waals surface area contributed by atoms with Crippen molar-refractivity contribution in [3.63, 3.8) is 0 Å². The van der Waals surface area contributed by atoms with E-state index in [1.165, 1.54) is 12.1 Å². The van der Waals surface area contributed by atoms with E-state index in [0.29, 0.717) is 38.1 Å². The number of hydrogen-bond donors (Lipinski definition) is 1. The van der Waals surface area contributed by atoms with E-state index in [1.54, 1.807) is 41.3 Å². The van der Waals surface area contributed by atoms with E-state index >= 15 is 0 Å². The molecule has 1 aliphatic heterocycles. The van der Waals surface area contributed by atoms with E-state index in [4.69, 9.17) is 10.00 Å². The Hall–Kier alpha value is -3.40. The zero-order chi connectivity index (χ0) is 20.6. The van der Waals surface area contributed by atoms with Crippen molar-refractivity contribution in [3.05, 3.63) is 65.5 Å². The number of halogens is 1. The Morgan fingerprint density at radius 1 is 1.14 bits per heavy atom. The van der Waals surface area contributed by atoms with Gasteiger partial charge >= 0.3 is 0 Å². The fourth-order valence-electron chi connectivity index (χ4n) is 3.24. The van der Waals surface area contributed by atoms with Gasteiger partial charge in [0.2, 0.25) is 0 Å². The third-order valence-electron chi connectivity index (χ3n) is 4.83. The summed E-state index contributed by atoms with van der Waals surface area (Å²) < 4.78 is 19.3. The van der Waals surface area contributed by atoms with Gasteiger partial charge in [-0.3, -0.25) is 9.59 Å². The lowest BCUT2D eigenvalue weighted by Gasteiger charge is -2.32. The molecule has 1 saturated heterocycles. The second-order valence-electron chi connectivity index (χ2n) is 6.88. The molecule has 3 rings (SSSR count). The Balaban J connectivity index is 1.42. The van der Waals surface area contributed by atoms with Crippen LogP contribution in [0, 0.1) is 17.1 Å². The lowest BCUT2D eigenvalue weighted by Crippen LogP contribution is -2.47. The first kappa shape index (κ1) is 20.3. The van der Waals surface area contributed by atoms with Gasteiger partial charge in [0.05, 0.1) is 18.1 Å². The topological polar surface area (TPSA) is 82.4 Å². The van der Waals surface area contributed by atoms with E-state index in [2.05, 4.69) is 11.4 Å². The van der Waals surface area contributed by atoms with E-state index in [0.717, 1.165) is 5.56 Å². The molecule has 1 heterocycles. The Bertz CT molecular complexity index is 900. The number of nitrogens with zero attached hydrogens (tertiary/aromatic N) is 2. The maximum atomic E-state index is 13.8. The molecule has 0 aliphatic carbocycles. The smallest absolute Gasteiger partial charge is 0.258 e. The van der Waals surface area contributed by atoms with Crippen LogP contribution in [0.2, 0.25) is 0 Å². The van der Waals surface area contributed by atoms with Crippen LogP contribution < -0.4 is 10.1 Å². The van der Waals surface area contributed by atoms with Crippen molar-refractivity contribution in [2.45, 2.75) is 25.3 Å². The molecule has 2 amide bonds. The predicted octanol–water partition coefficient (Wildman–Crippen LogP) is 2.69. The van der Waals surface area contributed by atoms with Gasteiger partial charge in [-0.25, -0.2) is 4.39 Å². The number of carbonyl (C=O) groups excluding carboxylic acids is 2. The molecular weight excluding hydrogens is 373 g/mol. The average Bonchev–Trinajstić information content (AvgIpc) is 2.74. The van der Waals surface area contributed by atoms with Crippen molar-refractivity contribution >= 4 is 11.8 Å². The molecule has 2 aromatic carbocycles. The summed E-state index contributed by atoms with van der Waals surface area (Å²) in [5, 5.41) is 11.6. The first-order valence-electron chi connectivity index (χ1n) is 9.48. The standard InChI is InChI=1S/C22H22FN3O3/c23-20-4-2-1-3-19(20)22(28)26-13-10-17(11-14-26)25-21(27)15-29-18-7-5-16(6-8-18)9-12-24/h1-8,17H,9-11,13-15H2,(H,25,27). The molecule has 0 spiro atoms. The van der Waals surface area contributed by atoms with Crippen LogP contribution in [0.4, 0.5) is 4.39 Å².